The summed E-state index contributed by atoms with van der Waals surface area (Å²) in [6.45, 7) is 2.67. The van der Waals surface area contributed by atoms with E-state index in [9.17, 15) is 14.4 Å². The molecule has 7 nitrogen and oxygen atoms in total. The molecule has 0 atom stereocenters. The average molecular weight is 302 g/mol. The number of amides is 1. The molecule has 0 fully saturated rings. The summed E-state index contributed by atoms with van der Waals surface area (Å²) in [5, 5.41) is 6.10. The fraction of sp³-hybridized carbons (Fsp3) is 0.200. The first-order valence-corrected chi connectivity index (χ1v) is 6.47. The van der Waals surface area contributed by atoms with Crippen molar-refractivity contribution in [3.05, 3.63) is 47.3 Å². The number of ether oxygens (including phenoxy) is 1. The first kappa shape index (κ1) is 15.4. The van der Waals surface area contributed by atoms with Crippen LogP contribution in [-0.4, -0.2) is 29.4 Å². The molecule has 0 aliphatic rings. The molecule has 0 unspecified atom stereocenters. The number of anilines is 1. The molecule has 0 aliphatic heterocycles. The zero-order valence-electron chi connectivity index (χ0n) is 12.1. The molecule has 22 heavy (non-hydrogen) atoms. The summed E-state index contributed by atoms with van der Waals surface area (Å²) in [6.07, 6.45) is 0. The van der Waals surface area contributed by atoms with Gasteiger partial charge in [-0.15, -0.1) is 0 Å². The molecular weight excluding hydrogens is 288 g/mol. The second-order valence-corrected chi connectivity index (χ2v) is 4.59. The van der Waals surface area contributed by atoms with E-state index in [4.69, 9.17) is 9.26 Å². The van der Waals surface area contributed by atoms with Crippen molar-refractivity contribution in [2.45, 2.75) is 13.8 Å². The van der Waals surface area contributed by atoms with E-state index in [1.165, 1.54) is 13.0 Å². The molecule has 0 bridgehead atoms. The zero-order valence-corrected chi connectivity index (χ0v) is 12.1. The van der Waals surface area contributed by atoms with Gasteiger partial charge in [-0.2, -0.15) is 0 Å². The topological polar surface area (TPSA) is 98.5 Å². The van der Waals surface area contributed by atoms with E-state index < -0.39 is 18.5 Å². The van der Waals surface area contributed by atoms with Gasteiger partial charge < -0.3 is 14.6 Å². The lowest BCUT2D eigenvalue weighted by molar-refractivity contribution is -0.119. The van der Waals surface area contributed by atoms with E-state index in [2.05, 4.69) is 10.5 Å². The van der Waals surface area contributed by atoms with E-state index in [1.54, 1.807) is 31.2 Å². The van der Waals surface area contributed by atoms with Gasteiger partial charge in [-0.3, -0.25) is 9.59 Å². The maximum Gasteiger partial charge on any atom is 0.377 e. The third-order valence-corrected chi connectivity index (χ3v) is 2.74. The van der Waals surface area contributed by atoms with Crippen LogP contribution in [0.15, 0.2) is 34.9 Å². The van der Waals surface area contributed by atoms with E-state index in [1.807, 2.05) is 0 Å². The Balaban J connectivity index is 1.85. The molecule has 1 aromatic heterocycles. The van der Waals surface area contributed by atoms with Gasteiger partial charge >= 0.3 is 5.97 Å². The second kappa shape index (κ2) is 6.66. The Kier molecular flexibility index (Phi) is 4.67. The SMILES string of the molecule is CC(=O)c1ccc(NC(=O)COC(=O)c2cc(C)no2)cc1. The first-order chi connectivity index (χ1) is 10.5. The quantitative estimate of drug-likeness (QED) is 0.670. The van der Waals surface area contributed by atoms with Gasteiger partial charge in [0.05, 0.1) is 5.69 Å². The van der Waals surface area contributed by atoms with Crippen molar-refractivity contribution in [2.75, 3.05) is 11.9 Å². The second-order valence-electron chi connectivity index (χ2n) is 4.59. The Bertz CT molecular complexity index is 703. The van der Waals surface area contributed by atoms with Crippen LogP contribution < -0.4 is 5.32 Å². The lowest BCUT2D eigenvalue weighted by atomic mass is 10.1. The Morgan fingerprint density at radius 2 is 1.91 bits per heavy atom. The van der Waals surface area contributed by atoms with Crippen molar-refractivity contribution in [3.8, 4) is 0 Å². The number of hydrogen-bond donors (Lipinski definition) is 1. The number of nitrogens with one attached hydrogen (secondary N) is 1. The molecule has 2 aromatic rings. The Morgan fingerprint density at radius 1 is 1.23 bits per heavy atom. The maximum absolute atomic E-state index is 11.7. The predicted molar refractivity (Wildman–Crippen MR) is 76.6 cm³/mol. The number of esters is 1. The highest BCUT2D eigenvalue weighted by Crippen LogP contribution is 2.10. The molecule has 0 spiro atoms. The molecule has 0 aliphatic carbocycles. The summed E-state index contributed by atoms with van der Waals surface area (Å²) in [6, 6.07) is 7.80. The van der Waals surface area contributed by atoms with Crippen molar-refractivity contribution in [3.63, 3.8) is 0 Å². The highest BCUT2D eigenvalue weighted by Gasteiger charge is 2.15. The third-order valence-electron chi connectivity index (χ3n) is 2.74. The average Bonchev–Trinajstić information content (AvgIpc) is 2.92. The fourth-order valence-corrected chi connectivity index (χ4v) is 1.65. The monoisotopic (exact) mass is 302 g/mol. The van der Waals surface area contributed by atoms with Crippen LogP contribution in [0.5, 0.6) is 0 Å². The number of benzene rings is 1. The molecule has 0 saturated heterocycles. The molecule has 1 N–H and O–H groups in total. The Morgan fingerprint density at radius 3 is 2.45 bits per heavy atom. The van der Waals surface area contributed by atoms with Crippen molar-refractivity contribution >= 4 is 23.3 Å². The molecule has 0 saturated carbocycles. The number of rotatable bonds is 5. The number of aromatic nitrogens is 1. The number of aryl methyl sites for hydroxylation is 1. The van der Waals surface area contributed by atoms with Gasteiger partial charge in [0.2, 0.25) is 5.76 Å². The maximum atomic E-state index is 11.7. The lowest BCUT2D eigenvalue weighted by Gasteiger charge is -2.06. The molecule has 1 amide bonds. The summed E-state index contributed by atoms with van der Waals surface area (Å²) in [7, 11) is 0. The third kappa shape index (κ3) is 4.02. The van der Waals surface area contributed by atoms with Crippen LogP contribution in [0, 0.1) is 6.92 Å². The zero-order chi connectivity index (χ0) is 16.1. The minimum Gasteiger partial charge on any atom is -0.450 e. The molecule has 2 rings (SSSR count). The standard InChI is InChI=1S/C15H14N2O5/c1-9-7-13(22-17-9)15(20)21-8-14(19)16-12-5-3-11(4-6-12)10(2)18/h3-7H,8H2,1-2H3,(H,16,19). The normalized spacial score (nSPS) is 10.1. The number of nitrogens with zero attached hydrogens (tertiary/aromatic N) is 1. The molecule has 7 heteroatoms. The highest BCUT2D eigenvalue weighted by atomic mass is 16.6. The number of carbonyl (C=O) groups is 3. The van der Waals surface area contributed by atoms with Gasteiger partial charge in [-0.1, -0.05) is 5.16 Å². The van der Waals surface area contributed by atoms with Crippen LogP contribution in [0.1, 0.15) is 33.5 Å². The number of ketones is 1. The first-order valence-electron chi connectivity index (χ1n) is 6.47. The van der Waals surface area contributed by atoms with Crippen molar-refractivity contribution in [2.24, 2.45) is 0 Å². The van der Waals surface area contributed by atoms with Crippen LogP contribution >= 0.6 is 0 Å². The Hall–Kier alpha value is -2.96. The van der Waals surface area contributed by atoms with Gasteiger partial charge in [-0.25, -0.2) is 4.79 Å². The van der Waals surface area contributed by atoms with Gasteiger partial charge in [0, 0.05) is 17.3 Å². The highest BCUT2D eigenvalue weighted by molar-refractivity contribution is 5.96. The lowest BCUT2D eigenvalue weighted by Crippen LogP contribution is -2.20. The minimum absolute atomic E-state index is 0.0592. The van der Waals surface area contributed by atoms with Crippen LogP contribution in [0.4, 0.5) is 5.69 Å². The van der Waals surface area contributed by atoms with Gasteiger partial charge in [0.1, 0.15) is 0 Å². The summed E-state index contributed by atoms with van der Waals surface area (Å²) < 4.78 is 9.52. The van der Waals surface area contributed by atoms with Crippen LogP contribution in [0.2, 0.25) is 0 Å². The van der Waals surface area contributed by atoms with Crippen molar-refractivity contribution in [1.29, 1.82) is 0 Å². The number of carbonyl (C=O) groups excluding carboxylic acids is 3. The van der Waals surface area contributed by atoms with Gasteiger partial charge in [0.25, 0.3) is 5.91 Å². The summed E-state index contributed by atoms with van der Waals surface area (Å²) in [4.78, 5) is 34.4. The summed E-state index contributed by atoms with van der Waals surface area (Å²) in [5.41, 5.74) is 1.59. The van der Waals surface area contributed by atoms with Crippen LogP contribution in [0.3, 0.4) is 0 Å². The van der Waals surface area contributed by atoms with Crippen LogP contribution in [0.25, 0.3) is 0 Å². The van der Waals surface area contributed by atoms with E-state index in [-0.39, 0.29) is 11.5 Å². The number of Topliss-reactive ketones (excluding diaryl/α,β-unsaturated/α-hetero) is 1. The van der Waals surface area contributed by atoms with Gasteiger partial charge in [-0.05, 0) is 38.1 Å². The predicted octanol–water partition coefficient (Wildman–Crippen LogP) is 1.98. The van der Waals surface area contributed by atoms with E-state index >= 15 is 0 Å². The Labute approximate surface area is 126 Å². The molecule has 0 radical (unpaired) electrons. The van der Waals surface area contributed by atoms with E-state index in [0.717, 1.165) is 0 Å². The van der Waals surface area contributed by atoms with Crippen molar-refractivity contribution in [1.82, 2.24) is 5.16 Å². The van der Waals surface area contributed by atoms with Crippen molar-refractivity contribution < 1.29 is 23.6 Å². The molecular formula is C15H14N2O5. The van der Waals surface area contributed by atoms with E-state index in [0.29, 0.717) is 16.9 Å². The van der Waals surface area contributed by atoms with Gasteiger partial charge in [0.15, 0.2) is 12.4 Å². The molecule has 1 heterocycles. The summed E-state index contributed by atoms with van der Waals surface area (Å²) >= 11 is 0. The molecule has 114 valence electrons. The number of hydrogen-bond acceptors (Lipinski definition) is 6. The summed E-state index contributed by atoms with van der Waals surface area (Å²) in [5.74, 6) is -1.38. The smallest absolute Gasteiger partial charge is 0.377 e. The largest absolute Gasteiger partial charge is 0.450 e. The molecule has 1 aromatic carbocycles. The minimum atomic E-state index is -0.761. The fourth-order valence-electron chi connectivity index (χ4n) is 1.65. The van der Waals surface area contributed by atoms with Crippen LogP contribution in [-0.2, 0) is 9.53 Å².